The van der Waals surface area contributed by atoms with Crippen molar-refractivity contribution in [3.8, 4) is 0 Å². The first-order chi connectivity index (χ1) is 11.0. The third kappa shape index (κ3) is 4.40. The minimum absolute atomic E-state index is 0.248. The molecule has 0 atom stereocenters. The Kier molecular flexibility index (Phi) is 4.79. The molecule has 1 saturated carbocycles. The summed E-state index contributed by atoms with van der Waals surface area (Å²) in [4.78, 5) is 8.86. The third-order valence-corrected chi connectivity index (χ3v) is 5.10. The molecule has 2 aromatic rings. The largest absolute Gasteiger partial charge is 0.369 e. The molecule has 1 aliphatic rings. The number of benzene rings is 1. The Morgan fingerprint density at radius 1 is 1.13 bits per heavy atom. The van der Waals surface area contributed by atoms with Gasteiger partial charge in [0, 0.05) is 25.1 Å². The van der Waals surface area contributed by atoms with Gasteiger partial charge in [-0.1, -0.05) is 29.8 Å². The lowest BCUT2D eigenvalue weighted by molar-refractivity contribution is 0.583. The zero-order valence-corrected chi connectivity index (χ0v) is 13.9. The zero-order valence-electron chi connectivity index (χ0n) is 12.4. The van der Waals surface area contributed by atoms with E-state index in [1.165, 1.54) is 0 Å². The maximum Gasteiger partial charge on any atom is 0.240 e. The van der Waals surface area contributed by atoms with E-state index >= 15 is 0 Å². The van der Waals surface area contributed by atoms with Crippen LogP contribution in [-0.2, 0) is 10.0 Å². The van der Waals surface area contributed by atoms with Crippen LogP contribution in [0.15, 0.2) is 41.3 Å². The van der Waals surface area contributed by atoms with E-state index in [0.29, 0.717) is 23.4 Å². The van der Waals surface area contributed by atoms with Crippen molar-refractivity contribution in [2.45, 2.75) is 23.7 Å². The first-order valence-electron chi connectivity index (χ1n) is 7.38. The Bertz CT molecular complexity index is 779. The van der Waals surface area contributed by atoms with E-state index in [9.17, 15) is 8.42 Å². The highest BCUT2D eigenvalue weighted by Gasteiger charge is 2.27. The van der Waals surface area contributed by atoms with Crippen LogP contribution in [-0.4, -0.2) is 31.5 Å². The molecule has 1 heterocycles. The van der Waals surface area contributed by atoms with E-state index < -0.39 is 10.0 Å². The highest BCUT2D eigenvalue weighted by atomic mass is 35.5. The van der Waals surface area contributed by atoms with Crippen molar-refractivity contribution < 1.29 is 8.42 Å². The number of nitrogens with one attached hydrogen (secondary N) is 2. The van der Waals surface area contributed by atoms with Gasteiger partial charge in [0.1, 0.15) is 16.8 Å². The van der Waals surface area contributed by atoms with E-state index in [1.54, 1.807) is 36.4 Å². The summed E-state index contributed by atoms with van der Waals surface area (Å²) in [5.41, 5.74) is 0. The lowest BCUT2D eigenvalue weighted by atomic mass is 10.4. The van der Waals surface area contributed by atoms with Crippen molar-refractivity contribution in [3.05, 3.63) is 47.4 Å². The first kappa shape index (κ1) is 16.2. The molecule has 0 amide bonds. The van der Waals surface area contributed by atoms with Crippen molar-refractivity contribution in [2.75, 3.05) is 18.4 Å². The number of aromatic nitrogens is 2. The van der Waals surface area contributed by atoms with Gasteiger partial charge >= 0.3 is 0 Å². The van der Waals surface area contributed by atoms with Gasteiger partial charge in [-0.15, -0.1) is 0 Å². The lowest BCUT2D eigenvalue weighted by Gasteiger charge is -2.09. The second-order valence-corrected chi connectivity index (χ2v) is 7.50. The Morgan fingerprint density at radius 3 is 2.57 bits per heavy atom. The van der Waals surface area contributed by atoms with E-state index in [-0.39, 0.29) is 11.4 Å². The zero-order chi connectivity index (χ0) is 16.3. The molecule has 1 aromatic carbocycles. The maximum atomic E-state index is 12.1. The summed E-state index contributed by atoms with van der Waals surface area (Å²) >= 11 is 5.98. The minimum Gasteiger partial charge on any atom is -0.369 e. The van der Waals surface area contributed by atoms with Crippen molar-refractivity contribution in [2.24, 2.45) is 0 Å². The van der Waals surface area contributed by atoms with Gasteiger partial charge in [-0.2, -0.15) is 0 Å². The highest BCUT2D eigenvalue weighted by Crippen LogP contribution is 2.38. The molecule has 0 radical (unpaired) electrons. The Morgan fingerprint density at radius 2 is 1.87 bits per heavy atom. The monoisotopic (exact) mass is 352 g/mol. The van der Waals surface area contributed by atoms with Crippen molar-refractivity contribution in [1.29, 1.82) is 0 Å². The number of nitrogens with zero attached hydrogens (tertiary/aromatic N) is 2. The molecule has 0 bridgehead atoms. The van der Waals surface area contributed by atoms with Crippen LogP contribution in [0.3, 0.4) is 0 Å². The summed E-state index contributed by atoms with van der Waals surface area (Å²) in [5.74, 6) is 1.78. The van der Waals surface area contributed by atoms with Crippen LogP contribution < -0.4 is 10.0 Å². The standard InChI is InChI=1S/C15H17ClN4O2S/c16-13-10-14(20-15(19-13)11-6-7-11)17-8-9-18-23(21,22)12-4-2-1-3-5-12/h1-5,10-11,18H,6-9H2,(H,17,19,20). The topological polar surface area (TPSA) is 84.0 Å². The second-order valence-electron chi connectivity index (χ2n) is 5.35. The Labute approximate surface area is 140 Å². The van der Waals surface area contributed by atoms with Crippen LogP contribution in [0.1, 0.15) is 24.6 Å². The lowest BCUT2D eigenvalue weighted by Crippen LogP contribution is -2.29. The molecule has 8 heteroatoms. The summed E-state index contributed by atoms with van der Waals surface area (Å²) in [6.07, 6.45) is 2.19. The molecule has 23 heavy (non-hydrogen) atoms. The molecular weight excluding hydrogens is 336 g/mol. The summed E-state index contributed by atoms with van der Waals surface area (Å²) in [6.45, 7) is 0.654. The molecule has 3 rings (SSSR count). The van der Waals surface area contributed by atoms with Crippen LogP contribution in [0.25, 0.3) is 0 Å². The highest BCUT2D eigenvalue weighted by molar-refractivity contribution is 7.89. The number of hydrogen-bond donors (Lipinski definition) is 2. The van der Waals surface area contributed by atoms with E-state index in [4.69, 9.17) is 11.6 Å². The van der Waals surface area contributed by atoms with E-state index in [2.05, 4.69) is 20.0 Å². The van der Waals surface area contributed by atoms with E-state index in [1.807, 2.05) is 0 Å². The van der Waals surface area contributed by atoms with Crippen molar-refractivity contribution in [3.63, 3.8) is 0 Å². The average molecular weight is 353 g/mol. The van der Waals surface area contributed by atoms with Gasteiger partial charge < -0.3 is 5.32 Å². The second kappa shape index (κ2) is 6.82. The third-order valence-electron chi connectivity index (χ3n) is 3.43. The molecule has 6 nitrogen and oxygen atoms in total. The number of hydrogen-bond acceptors (Lipinski definition) is 5. The molecule has 1 aromatic heterocycles. The Balaban J connectivity index is 1.54. The van der Waals surface area contributed by atoms with Crippen LogP contribution in [0, 0.1) is 0 Å². The fraction of sp³-hybridized carbons (Fsp3) is 0.333. The number of sulfonamides is 1. The SMILES string of the molecule is O=S(=O)(NCCNc1cc(Cl)nc(C2CC2)n1)c1ccccc1. The van der Waals surface area contributed by atoms with Crippen molar-refractivity contribution >= 4 is 27.4 Å². The summed E-state index contributed by atoms with van der Waals surface area (Å²) < 4.78 is 26.7. The number of halogens is 1. The quantitative estimate of drug-likeness (QED) is 0.590. The van der Waals surface area contributed by atoms with E-state index in [0.717, 1.165) is 18.7 Å². The molecule has 1 fully saturated rings. The fourth-order valence-electron chi connectivity index (χ4n) is 2.11. The van der Waals surface area contributed by atoms with Crippen LogP contribution in [0.2, 0.25) is 5.15 Å². The van der Waals surface area contributed by atoms with Crippen LogP contribution in [0.5, 0.6) is 0 Å². The molecule has 0 saturated heterocycles. The summed E-state index contributed by atoms with van der Waals surface area (Å²) in [5, 5.41) is 3.47. The van der Waals surface area contributed by atoms with Gasteiger partial charge in [0.25, 0.3) is 0 Å². The number of anilines is 1. The van der Waals surface area contributed by atoms with Gasteiger partial charge in [0.05, 0.1) is 4.90 Å². The predicted octanol–water partition coefficient (Wildman–Crippen LogP) is 2.40. The van der Waals surface area contributed by atoms with Gasteiger partial charge in [-0.25, -0.2) is 23.1 Å². The summed E-state index contributed by atoms with van der Waals surface area (Å²) in [7, 11) is -3.48. The first-order valence-corrected chi connectivity index (χ1v) is 9.24. The van der Waals surface area contributed by atoms with Crippen LogP contribution in [0.4, 0.5) is 5.82 Å². The minimum atomic E-state index is -3.48. The smallest absolute Gasteiger partial charge is 0.240 e. The molecular formula is C15H17ClN4O2S. The molecule has 0 unspecified atom stereocenters. The summed E-state index contributed by atoms with van der Waals surface area (Å²) in [6, 6.07) is 9.91. The number of rotatable bonds is 7. The average Bonchev–Trinajstić information content (AvgIpc) is 3.37. The molecule has 0 aliphatic heterocycles. The molecule has 1 aliphatic carbocycles. The molecule has 0 spiro atoms. The normalized spacial score (nSPS) is 14.7. The Hall–Kier alpha value is -1.70. The van der Waals surface area contributed by atoms with Gasteiger partial charge in [-0.05, 0) is 25.0 Å². The van der Waals surface area contributed by atoms with Gasteiger partial charge in [0.2, 0.25) is 10.0 Å². The van der Waals surface area contributed by atoms with Gasteiger partial charge in [0.15, 0.2) is 0 Å². The maximum absolute atomic E-state index is 12.1. The van der Waals surface area contributed by atoms with Crippen LogP contribution >= 0.6 is 11.6 Å². The van der Waals surface area contributed by atoms with Crippen molar-refractivity contribution in [1.82, 2.24) is 14.7 Å². The molecule has 2 N–H and O–H groups in total. The van der Waals surface area contributed by atoms with Gasteiger partial charge in [-0.3, -0.25) is 0 Å². The predicted molar refractivity (Wildman–Crippen MR) is 89.1 cm³/mol. The fourth-order valence-corrected chi connectivity index (χ4v) is 3.35. The molecule has 122 valence electrons.